The van der Waals surface area contributed by atoms with E-state index in [1.165, 1.54) is 22.5 Å². The maximum atomic E-state index is 12.6. The fourth-order valence-electron chi connectivity index (χ4n) is 2.96. The number of rotatable bonds is 5. The van der Waals surface area contributed by atoms with Gasteiger partial charge in [-0.25, -0.2) is 4.98 Å². The zero-order valence-corrected chi connectivity index (χ0v) is 16.0. The Balaban J connectivity index is 1.55. The molecule has 0 spiro atoms. The first-order chi connectivity index (χ1) is 12.7. The lowest BCUT2D eigenvalue weighted by molar-refractivity contribution is 1.04. The summed E-state index contributed by atoms with van der Waals surface area (Å²) < 4.78 is 0. The highest BCUT2D eigenvalue weighted by Gasteiger charge is 2.12. The number of thiophene rings is 1. The molecule has 1 N–H and O–H groups in total. The Hall–Kier alpha value is -2.37. The molecule has 26 heavy (non-hydrogen) atoms. The largest absolute Gasteiger partial charge is 0.309 e. The number of nitrogens with one attached hydrogen (secondary N) is 1. The van der Waals surface area contributed by atoms with E-state index in [-0.39, 0.29) is 5.56 Å². The van der Waals surface area contributed by atoms with Gasteiger partial charge in [0, 0.05) is 16.7 Å². The van der Waals surface area contributed by atoms with Crippen LogP contribution in [0.25, 0.3) is 21.3 Å². The lowest BCUT2D eigenvalue weighted by Gasteiger charge is -2.04. The molecular weight excluding hydrogens is 360 g/mol. The molecule has 2 aromatic carbocycles. The highest BCUT2D eigenvalue weighted by atomic mass is 32.2. The molecule has 0 radical (unpaired) electrons. The minimum atomic E-state index is -0.0544. The van der Waals surface area contributed by atoms with Crippen LogP contribution in [0.5, 0.6) is 0 Å². The summed E-state index contributed by atoms with van der Waals surface area (Å²) in [5, 5.41) is 2.71. The van der Waals surface area contributed by atoms with Crippen LogP contribution in [0.15, 0.2) is 64.8 Å². The van der Waals surface area contributed by atoms with Gasteiger partial charge in [-0.1, -0.05) is 60.2 Å². The number of hydrogen-bond acceptors (Lipinski definition) is 4. The first-order valence-corrected chi connectivity index (χ1v) is 10.4. The Bertz CT molecular complexity index is 1100. The van der Waals surface area contributed by atoms with Crippen LogP contribution in [-0.2, 0) is 11.5 Å². The van der Waals surface area contributed by atoms with Gasteiger partial charge in [0.25, 0.3) is 5.56 Å². The van der Waals surface area contributed by atoms with Gasteiger partial charge in [0.1, 0.15) is 10.7 Å². The lowest BCUT2D eigenvalue weighted by Crippen LogP contribution is -2.10. The number of nitrogens with zero attached hydrogens (tertiary/aromatic N) is 1. The van der Waals surface area contributed by atoms with Crippen LogP contribution in [0, 0.1) is 6.92 Å². The van der Waals surface area contributed by atoms with E-state index in [0.29, 0.717) is 11.1 Å². The van der Waals surface area contributed by atoms with Crippen molar-refractivity contribution in [3.63, 3.8) is 0 Å². The first-order valence-electron chi connectivity index (χ1n) is 8.40. The van der Waals surface area contributed by atoms with Crippen LogP contribution >= 0.6 is 23.1 Å². The quantitative estimate of drug-likeness (QED) is 0.506. The van der Waals surface area contributed by atoms with E-state index < -0.39 is 0 Å². The summed E-state index contributed by atoms with van der Waals surface area (Å²) in [6.07, 6.45) is 0. The van der Waals surface area contributed by atoms with Crippen molar-refractivity contribution in [2.75, 3.05) is 0 Å². The number of benzene rings is 2. The van der Waals surface area contributed by atoms with Crippen LogP contribution in [0.1, 0.15) is 17.0 Å². The van der Waals surface area contributed by atoms with E-state index in [9.17, 15) is 4.79 Å². The van der Waals surface area contributed by atoms with Gasteiger partial charge >= 0.3 is 0 Å². The van der Waals surface area contributed by atoms with Crippen molar-refractivity contribution in [3.8, 4) is 11.1 Å². The number of aryl methyl sites for hydroxylation is 1. The summed E-state index contributed by atoms with van der Waals surface area (Å²) in [6.45, 7) is 2.10. The predicted molar refractivity (Wildman–Crippen MR) is 112 cm³/mol. The molecule has 0 aliphatic rings. The van der Waals surface area contributed by atoms with Crippen molar-refractivity contribution in [2.24, 2.45) is 0 Å². The fraction of sp³-hybridized carbons (Fsp3) is 0.143. The molecule has 130 valence electrons. The Kier molecular flexibility index (Phi) is 4.91. The number of thioether (sulfide) groups is 1. The topological polar surface area (TPSA) is 45.8 Å². The molecule has 3 nitrogen and oxygen atoms in total. The third-order valence-electron chi connectivity index (χ3n) is 4.17. The summed E-state index contributed by atoms with van der Waals surface area (Å²) in [5.41, 5.74) is 4.51. The summed E-state index contributed by atoms with van der Waals surface area (Å²) in [5.74, 6) is 2.34. The molecule has 0 unspecified atom stereocenters. The second-order valence-corrected chi connectivity index (χ2v) is 8.03. The molecule has 0 aliphatic heterocycles. The standard InChI is InChI=1S/C21H18N2OS2/c1-14-6-5-7-15(10-14)11-25-13-18-22-20(24)19-17(12-26-21(19)23-18)16-8-3-2-4-9-16/h2-10,12H,11,13H2,1H3,(H,22,23,24). The van der Waals surface area contributed by atoms with Crippen molar-refractivity contribution in [3.05, 3.63) is 87.3 Å². The molecule has 0 amide bonds. The van der Waals surface area contributed by atoms with Gasteiger partial charge in [-0.2, -0.15) is 0 Å². The number of aromatic nitrogens is 2. The fourth-order valence-corrected chi connectivity index (χ4v) is 4.77. The zero-order valence-electron chi connectivity index (χ0n) is 14.4. The molecule has 5 heteroatoms. The highest BCUT2D eigenvalue weighted by molar-refractivity contribution is 7.97. The first kappa shape index (κ1) is 17.1. The maximum Gasteiger partial charge on any atom is 0.260 e. The Morgan fingerprint density at radius 1 is 1.08 bits per heavy atom. The highest BCUT2D eigenvalue weighted by Crippen LogP contribution is 2.30. The van der Waals surface area contributed by atoms with E-state index in [1.807, 2.05) is 35.7 Å². The normalized spacial score (nSPS) is 11.1. The molecule has 0 aliphatic carbocycles. The molecule has 0 saturated carbocycles. The summed E-state index contributed by atoms with van der Waals surface area (Å²) in [4.78, 5) is 21.1. The van der Waals surface area contributed by atoms with E-state index in [1.54, 1.807) is 11.8 Å². The van der Waals surface area contributed by atoms with E-state index in [0.717, 1.165) is 27.5 Å². The number of aromatic amines is 1. The van der Waals surface area contributed by atoms with Crippen molar-refractivity contribution < 1.29 is 0 Å². The SMILES string of the molecule is Cc1cccc(CSCc2nc3scc(-c4ccccc4)c3c(=O)[nH]2)c1. The number of fused-ring (bicyclic) bond motifs is 1. The molecule has 0 atom stereocenters. The monoisotopic (exact) mass is 378 g/mol. The van der Waals surface area contributed by atoms with Crippen molar-refractivity contribution in [1.82, 2.24) is 9.97 Å². The van der Waals surface area contributed by atoms with Crippen molar-refractivity contribution in [2.45, 2.75) is 18.4 Å². The van der Waals surface area contributed by atoms with Gasteiger partial charge < -0.3 is 4.98 Å². The minimum Gasteiger partial charge on any atom is -0.309 e. The summed E-state index contributed by atoms with van der Waals surface area (Å²) in [6, 6.07) is 18.5. The predicted octanol–water partition coefficient (Wildman–Crippen LogP) is 5.39. The van der Waals surface area contributed by atoms with E-state index in [2.05, 4.69) is 41.2 Å². The lowest BCUT2D eigenvalue weighted by atomic mass is 10.1. The van der Waals surface area contributed by atoms with Crippen LogP contribution in [0.3, 0.4) is 0 Å². The molecule has 4 aromatic rings. The second kappa shape index (κ2) is 7.48. The Labute approximate surface area is 160 Å². The van der Waals surface area contributed by atoms with E-state index in [4.69, 9.17) is 0 Å². The van der Waals surface area contributed by atoms with Crippen LogP contribution in [0.4, 0.5) is 0 Å². The Morgan fingerprint density at radius 2 is 1.92 bits per heavy atom. The smallest absolute Gasteiger partial charge is 0.260 e. The molecule has 0 fully saturated rings. The molecule has 0 saturated heterocycles. The number of H-pyrrole nitrogens is 1. The average Bonchev–Trinajstić information content (AvgIpc) is 3.07. The third-order valence-corrected chi connectivity index (χ3v) is 6.06. The van der Waals surface area contributed by atoms with Gasteiger partial charge in [-0.3, -0.25) is 4.79 Å². The van der Waals surface area contributed by atoms with Crippen LogP contribution < -0.4 is 5.56 Å². The molecule has 2 aromatic heterocycles. The minimum absolute atomic E-state index is 0.0544. The van der Waals surface area contributed by atoms with Gasteiger partial charge in [-0.15, -0.1) is 23.1 Å². The molecule has 4 rings (SSSR count). The summed E-state index contributed by atoms with van der Waals surface area (Å²) >= 11 is 3.29. The van der Waals surface area contributed by atoms with Crippen LogP contribution in [-0.4, -0.2) is 9.97 Å². The molecular formula is C21H18N2OS2. The average molecular weight is 379 g/mol. The molecule has 2 heterocycles. The second-order valence-electron chi connectivity index (χ2n) is 6.19. The Morgan fingerprint density at radius 3 is 2.73 bits per heavy atom. The molecule has 0 bridgehead atoms. The number of hydrogen-bond donors (Lipinski definition) is 1. The summed E-state index contributed by atoms with van der Waals surface area (Å²) in [7, 11) is 0. The van der Waals surface area contributed by atoms with Gasteiger partial charge in [0.2, 0.25) is 0 Å². The maximum absolute atomic E-state index is 12.6. The third kappa shape index (κ3) is 3.59. The van der Waals surface area contributed by atoms with Crippen molar-refractivity contribution in [1.29, 1.82) is 0 Å². The van der Waals surface area contributed by atoms with Gasteiger partial charge in [0.05, 0.1) is 11.1 Å². The van der Waals surface area contributed by atoms with Gasteiger partial charge in [0.15, 0.2) is 0 Å². The van der Waals surface area contributed by atoms with Gasteiger partial charge in [-0.05, 0) is 18.1 Å². The zero-order chi connectivity index (χ0) is 17.9. The van der Waals surface area contributed by atoms with E-state index >= 15 is 0 Å². The van der Waals surface area contributed by atoms with Crippen molar-refractivity contribution >= 4 is 33.3 Å². The van der Waals surface area contributed by atoms with Crippen LogP contribution in [0.2, 0.25) is 0 Å².